The second-order valence-electron chi connectivity index (χ2n) is 3.52. The van der Waals surface area contributed by atoms with Crippen molar-refractivity contribution in [2.75, 3.05) is 0 Å². The Balaban J connectivity index is 3.02. The highest BCUT2D eigenvalue weighted by Crippen LogP contribution is 2.28. The predicted molar refractivity (Wildman–Crippen MR) is 68.9 cm³/mol. The maximum Gasteiger partial charge on any atom is 0.253 e. The Morgan fingerprint density at radius 2 is 2.12 bits per heavy atom. The molecule has 0 aliphatic carbocycles. The van der Waals surface area contributed by atoms with Crippen molar-refractivity contribution in [3.05, 3.63) is 53.6 Å². The van der Waals surface area contributed by atoms with Gasteiger partial charge in [0.25, 0.3) is 5.24 Å². The summed E-state index contributed by atoms with van der Waals surface area (Å²) in [4.78, 5) is 11.5. The second kappa shape index (κ2) is 4.40. The van der Waals surface area contributed by atoms with Crippen molar-refractivity contribution < 1.29 is 4.79 Å². The quantitative estimate of drug-likeness (QED) is 0.752. The molecule has 0 unspecified atom stereocenters. The number of nitriles is 1. The molecule has 0 bridgehead atoms. The zero-order valence-electron chi connectivity index (χ0n) is 8.90. The minimum atomic E-state index is -0.576. The number of nitrogens with zero attached hydrogens (tertiary/aromatic N) is 1. The van der Waals surface area contributed by atoms with Gasteiger partial charge in [0.1, 0.15) is 0 Å². The van der Waals surface area contributed by atoms with Crippen LogP contribution in [0.25, 0.3) is 16.8 Å². The first-order valence-electron chi connectivity index (χ1n) is 4.97. The van der Waals surface area contributed by atoms with Crippen LogP contribution in [0, 0.1) is 11.3 Å². The molecule has 0 N–H and O–H groups in total. The number of rotatable bonds is 2. The van der Waals surface area contributed by atoms with Crippen molar-refractivity contribution in [3.8, 4) is 6.07 Å². The van der Waals surface area contributed by atoms with Crippen molar-refractivity contribution in [1.29, 1.82) is 5.26 Å². The molecule has 0 radical (unpaired) electrons. The van der Waals surface area contributed by atoms with Crippen molar-refractivity contribution in [2.24, 2.45) is 0 Å². The lowest BCUT2D eigenvalue weighted by Crippen LogP contribution is -1.98. The van der Waals surface area contributed by atoms with Crippen molar-refractivity contribution in [2.45, 2.75) is 0 Å². The minimum absolute atomic E-state index is 0.344. The van der Waals surface area contributed by atoms with Gasteiger partial charge in [0.2, 0.25) is 0 Å². The van der Waals surface area contributed by atoms with Gasteiger partial charge in [-0.05, 0) is 28.4 Å². The molecule has 3 heteroatoms. The van der Waals surface area contributed by atoms with Crippen LogP contribution in [0.3, 0.4) is 0 Å². The molecule has 0 fully saturated rings. The molecule has 0 aliphatic rings. The summed E-state index contributed by atoms with van der Waals surface area (Å²) >= 11 is 5.60. The number of benzene rings is 2. The molecule has 2 aromatic rings. The molecule has 0 aliphatic heterocycles. The van der Waals surface area contributed by atoms with Crippen LogP contribution < -0.4 is 0 Å². The SMILES string of the molecule is C=Cc1c(C#N)cc2ccccc2c1C(=O)Cl. The number of hydrogen-bond acceptors (Lipinski definition) is 2. The van der Waals surface area contributed by atoms with Crippen molar-refractivity contribution >= 4 is 33.7 Å². The predicted octanol–water partition coefficient (Wildman–Crippen LogP) is 3.73. The normalized spacial score (nSPS) is 9.88. The Kier molecular flexibility index (Phi) is 2.95. The standard InChI is InChI=1S/C14H8ClNO/c1-2-11-10(8-16)7-9-5-3-4-6-12(9)13(11)14(15)17/h2-7H,1H2. The van der Waals surface area contributed by atoms with Crippen LogP contribution in [0.4, 0.5) is 0 Å². The fourth-order valence-electron chi connectivity index (χ4n) is 1.88. The molecule has 2 rings (SSSR count). The van der Waals surface area contributed by atoms with E-state index in [4.69, 9.17) is 16.9 Å². The van der Waals surface area contributed by atoms with Gasteiger partial charge in [0.05, 0.1) is 17.2 Å². The summed E-state index contributed by atoms with van der Waals surface area (Å²) in [6.45, 7) is 3.63. The molecular weight excluding hydrogens is 234 g/mol. The van der Waals surface area contributed by atoms with E-state index in [9.17, 15) is 4.79 Å². The van der Waals surface area contributed by atoms with E-state index in [1.54, 1.807) is 12.1 Å². The summed E-state index contributed by atoms with van der Waals surface area (Å²) < 4.78 is 0. The van der Waals surface area contributed by atoms with Crippen LogP contribution in [0.2, 0.25) is 0 Å². The summed E-state index contributed by atoms with van der Waals surface area (Å²) in [5.74, 6) is 0. The Bertz CT molecular complexity index is 668. The molecule has 0 spiro atoms. The zero-order valence-corrected chi connectivity index (χ0v) is 9.66. The third-order valence-electron chi connectivity index (χ3n) is 2.61. The Morgan fingerprint density at radius 1 is 1.41 bits per heavy atom. The maximum atomic E-state index is 11.5. The van der Waals surface area contributed by atoms with Crippen molar-refractivity contribution in [3.63, 3.8) is 0 Å². The zero-order chi connectivity index (χ0) is 12.4. The van der Waals surface area contributed by atoms with Crippen LogP contribution in [-0.4, -0.2) is 5.24 Å². The van der Waals surface area contributed by atoms with Gasteiger partial charge in [-0.15, -0.1) is 0 Å². The molecular formula is C14H8ClNO. The van der Waals surface area contributed by atoms with E-state index in [0.29, 0.717) is 16.7 Å². The van der Waals surface area contributed by atoms with Crippen LogP contribution >= 0.6 is 11.6 Å². The van der Waals surface area contributed by atoms with E-state index in [2.05, 4.69) is 12.6 Å². The first kappa shape index (κ1) is 11.4. The third-order valence-corrected chi connectivity index (χ3v) is 2.80. The van der Waals surface area contributed by atoms with Crippen LogP contribution in [0.1, 0.15) is 21.5 Å². The van der Waals surface area contributed by atoms with E-state index >= 15 is 0 Å². The molecule has 17 heavy (non-hydrogen) atoms. The number of carbonyl (C=O) groups is 1. The average Bonchev–Trinajstić information content (AvgIpc) is 2.35. The molecule has 0 heterocycles. The summed E-state index contributed by atoms with van der Waals surface area (Å²) in [5, 5.41) is 10.0. The molecule has 0 saturated carbocycles. The molecule has 2 aromatic carbocycles. The van der Waals surface area contributed by atoms with E-state index in [0.717, 1.165) is 10.8 Å². The molecule has 0 amide bonds. The lowest BCUT2D eigenvalue weighted by Gasteiger charge is -2.08. The lowest BCUT2D eigenvalue weighted by atomic mass is 9.95. The molecule has 0 aromatic heterocycles. The van der Waals surface area contributed by atoms with E-state index in [1.165, 1.54) is 6.08 Å². The van der Waals surface area contributed by atoms with Crippen LogP contribution in [0.15, 0.2) is 36.9 Å². The van der Waals surface area contributed by atoms with E-state index < -0.39 is 5.24 Å². The maximum absolute atomic E-state index is 11.5. The fourth-order valence-corrected chi connectivity index (χ4v) is 2.08. The highest BCUT2D eigenvalue weighted by atomic mass is 35.5. The van der Waals surface area contributed by atoms with Gasteiger partial charge >= 0.3 is 0 Å². The molecule has 2 nitrogen and oxygen atoms in total. The smallest absolute Gasteiger partial charge is 0.253 e. The Labute approximate surface area is 104 Å². The first-order valence-corrected chi connectivity index (χ1v) is 5.35. The summed E-state index contributed by atoms with van der Waals surface area (Å²) in [6, 6.07) is 11.1. The van der Waals surface area contributed by atoms with Crippen LogP contribution in [-0.2, 0) is 0 Å². The van der Waals surface area contributed by atoms with Gasteiger partial charge in [-0.25, -0.2) is 0 Å². The van der Waals surface area contributed by atoms with Crippen LogP contribution in [0.5, 0.6) is 0 Å². The average molecular weight is 242 g/mol. The monoisotopic (exact) mass is 241 g/mol. The summed E-state index contributed by atoms with van der Waals surface area (Å²) in [7, 11) is 0. The number of hydrogen-bond donors (Lipinski definition) is 0. The van der Waals surface area contributed by atoms with Gasteiger partial charge in [0.15, 0.2) is 0 Å². The van der Waals surface area contributed by atoms with Gasteiger partial charge in [-0.3, -0.25) is 4.79 Å². The molecule has 0 saturated heterocycles. The summed E-state index contributed by atoms with van der Waals surface area (Å²) in [5.41, 5.74) is 1.24. The Hall–Kier alpha value is -2.11. The first-order chi connectivity index (χ1) is 8.19. The van der Waals surface area contributed by atoms with E-state index in [1.807, 2.05) is 18.2 Å². The lowest BCUT2D eigenvalue weighted by molar-refractivity contribution is 0.108. The van der Waals surface area contributed by atoms with Gasteiger partial charge in [-0.2, -0.15) is 5.26 Å². The number of carbonyl (C=O) groups excluding carboxylic acids is 1. The van der Waals surface area contributed by atoms with Crippen molar-refractivity contribution in [1.82, 2.24) is 0 Å². The third kappa shape index (κ3) is 1.82. The second-order valence-corrected chi connectivity index (χ2v) is 3.87. The highest BCUT2D eigenvalue weighted by molar-refractivity contribution is 6.69. The molecule has 0 atom stereocenters. The van der Waals surface area contributed by atoms with Gasteiger partial charge < -0.3 is 0 Å². The fraction of sp³-hybridized carbons (Fsp3) is 0. The topological polar surface area (TPSA) is 40.9 Å². The number of halogens is 1. The minimum Gasteiger partial charge on any atom is -0.276 e. The van der Waals surface area contributed by atoms with E-state index in [-0.39, 0.29) is 0 Å². The molecule has 82 valence electrons. The summed E-state index contributed by atoms with van der Waals surface area (Å²) in [6.07, 6.45) is 1.49. The highest BCUT2D eigenvalue weighted by Gasteiger charge is 2.15. The Morgan fingerprint density at radius 3 is 2.71 bits per heavy atom. The van der Waals surface area contributed by atoms with Gasteiger partial charge in [0, 0.05) is 5.56 Å². The number of fused-ring (bicyclic) bond motifs is 1. The van der Waals surface area contributed by atoms with Gasteiger partial charge in [-0.1, -0.05) is 36.9 Å². The largest absolute Gasteiger partial charge is 0.276 e.